The Balaban J connectivity index is 1.79. The number of rotatable bonds is 10. The van der Waals surface area contributed by atoms with E-state index in [0.29, 0.717) is 34.4 Å². The van der Waals surface area contributed by atoms with Gasteiger partial charge < -0.3 is 21.5 Å². The number of carbonyl (C=O) groups is 2. The van der Waals surface area contributed by atoms with Crippen LogP contribution in [0.3, 0.4) is 0 Å². The maximum absolute atomic E-state index is 14.8. The second-order valence-corrected chi connectivity index (χ2v) is 10.4. The zero-order valence-electron chi connectivity index (χ0n) is 19.8. The fraction of sp³-hybridized carbons (Fsp3) is 0.400. The van der Waals surface area contributed by atoms with E-state index in [1.165, 1.54) is 17.8 Å². The summed E-state index contributed by atoms with van der Waals surface area (Å²) in [5, 5.41) is 16.1. The Morgan fingerprint density at radius 1 is 1.29 bits per heavy atom. The van der Waals surface area contributed by atoms with Gasteiger partial charge in [0.1, 0.15) is 17.3 Å². The van der Waals surface area contributed by atoms with Crippen molar-refractivity contribution in [1.29, 1.82) is 0 Å². The summed E-state index contributed by atoms with van der Waals surface area (Å²) in [5.41, 5.74) is 5.75. The van der Waals surface area contributed by atoms with Gasteiger partial charge in [-0.2, -0.15) is 0 Å². The summed E-state index contributed by atoms with van der Waals surface area (Å²) in [4.78, 5) is 28.7. The molecule has 0 spiro atoms. The van der Waals surface area contributed by atoms with Crippen molar-refractivity contribution < 1.29 is 19.1 Å². The van der Waals surface area contributed by atoms with Crippen molar-refractivity contribution in [3.05, 3.63) is 69.6 Å². The number of halogens is 1. The number of nitrogens with two attached hydrogens (primary N) is 1. The van der Waals surface area contributed by atoms with Crippen LogP contribution in [0, 0.1) is 11.7 Å². The first kappa shape index (κ1) is 25.7. The molecule has 1 unspecified atom stereocenters. The van der Waals surface area contributed by atoms with Crippen molar-refractivity contribution in [2.45, 2.75) is 51.4 Å². The number of aromatic nitrogens is 1. The van der Waals surface area contributed by atoms with Crippen LogP contribution in [0.5, 0.6) is 0 Å². The molecule has 1 atom stereocenters. The van der Waals surface area contributed by atoms with E-state index >= 15 is 0 Å². The third kappa shape index (κ3) is 6.80. The van der Waals surface area contributed by atoms with E-state index in [0.717, 1.165) is 12.8 Å². The molecular formula is C25H31FN4O3S. The van der Waals surface area contributed by atoms with Crippen LogP contribution in [0.15, 0.2) is 47.0 Å². The Morgan fingerprint density at radius 3 is 2.59 bits per heavy atom. The molecule has 2 aromatic rings. The summed E-state index contributed by atoms with van der Waals surface area (Å²) in [7, 11) is 0. The number of hydrogen-bond acceptors (Lipinski definition) is 6. The molecule has 0 saturated heterocycles. The molecule has 34 heavy (non-hydrogen) atoms. The van der Waals surface area contributed by atoms with E-state index < -0.39 is 22.6 Å². The molecule has 9 heteroatoms. The fourth-order valence-corrected chi connectivity index (χ4v) is 4.31. The predicted octanol–water partition coefficient (Wildman–Crippen LogP) is 4.21. The zero-order valence-corrected chi connectivity index (χ0v) is 20.6. The number of benzene rings is 1. The molecule has 1 aromatic carbocycles. The van der Waals surface area contributed by atoms with Gasteiger partial charge in [-0.3, -0.25) is 9.59 Å². The number of thioether (sulfide) groups is 1. The summed E-state index contributed by atoms with van der Waals surface area (Å²) in [6.07, 6.45) is 2.26. The van der Waals surface area contributed by atoms with E-state index in [1.54, 1.807) is 58.0 Å². The van der Waals surface area contributed by atoms with E-state index in [-0.39, 0.29) is 17.2 Å². The summed E-state index contributed by atoms with van der Waals surface area (Å²) >= 11 is 1.22. The van der Waals surface area contributed by atoms with Gasteiger partial charge in [-0.1, -0.05) is 30.0 Å². The van der Waals surface area contributed by atoms with Crippen molar-refractivity contribution in [1.82, 2.24) is 10.3 Å². The molecule has 5 N–H and O–H groups in total. The number of hydrogen-bond donors (Lipinski definition) is 4. The van der Waals surface area contributed by atoms with Crippen LogP contribution in [-0.2, 0) is 10.4 Å². The van der Waals surface area contributed by atoms with Gasteiger partial charge in [-0.15, -0.1) is 0 Å². The van der Waals surface area contributed by atoms with E-state index in [4.69, 9.17) is 5.73 Å². The predicted molar refractivity (Wildman–Crippen MR) is 132 cm³/mol. The molecule has 182 valence electrons. The molecule has 1 fully saturated rings. The highest BCUT2D eigenvalue weighted by atomic mass is 32.2. The van der Waals surface area contributed by atoms with E-state index in [9.17, 15) is 19.1 Å². The average Bonchev–Trinajstić information content (AvgIpc) is 3.60. The molecule has 1 saturated carbocycles. The number of carbonyl (C=O) groups excluding carboxylic acids is 2. The fourth-order valence-electron chi connectivity index (χ4n) is 3.20. The minimum Gasteiger partial charge on any atom is -0.386 e. The molecular weight excluding hydrogens is 455 g/mol. The lowest BCUT2D eigenvalue weighted by atomic mass is 9.96. The molecule has 3 rings (SSSR count). The zero-order chi connectivity index (χ0) is 25.0. The molecule has 2 amide bonds. The Bertz CT molecular complexity index is 1110. The highest BCUT2D eigenvalue weighted by molar-refractivity contribution is 8.03. The highest BCUT2D eigenvalue weighted by Gasteiger charge is 2.23. The first-order valence-corrected chi connectivity index (χ1v) is 12.1. The van der Waals surface area contributed by atoms with Gasteiger partial charge in [0.15, 0.2) is 0 Å². The van der Waals surface area contributed by atoms with Gasteiger partial charge >= 0.3 is 0 Å². The van der Waals surface area contributed by atoms with Crippen molar-refractivity contribution in [3.63, 3.8) is 0 Å². The Hall–Kier alpha value is -2.91. The van der Waals surface area contributed by atoms with Crippen molar-refractivity contribution in [3.8, 4) is 0 Å². The van der Waals surface area contributed by atoms with E-state index in [1.807, 2.05) is 0 Å². The Morgan fingerprint density at radius 2 is 2.00 bits per heavy atom. The van der Waals surface area contributed by atoms with Crippen LogP contribution in [0.2, 0.25) is 0 Å². The second kappa shape index (κ2) is 10.6. The largest absolute Gasteiger partial charge is 0.386 e. The first-order chi connectivity index (χ1) is 16.0. The number of nitrogens with zero attached hydrogens (tertiary/aromatic N) is 1. The number of amides is 2. The molecule has 0 aliphatic heterocycles. The number of anilines is 1. The third-order valence-corrected chi connectivity index (χ3v) is 6.87. The maximum atomic E-state index is 14.8. The first-order valence-electron chi connectivity index (χ1n) is 11.2. The van der Waals surface area contributed by atoms with Gasteiger partial charge in [-0.05, 0) is 70.2 Å². The summed E-state index contributed by atoms with van der Waals surface area (Å²) in [6, 6.07) is 9.61. The van der Waals surface area contributed by atoms with Gasteiger partial charge in [0.25, 0.3) is 5.91 Å². The van der Waals surface area contributed by atoms with E-state index in [2.05, 4.69) is 15.6 Å². The Kier molecular flexibility index (Phi) is 7.99. The summed E-state index contributed by atoms with van der Waals surface area (Å²) < 4.78 is 14.8. The molecule has 1 heterocycles. The lowest BCUT2D eigenvalue weighted by Crippen LogP contribution is -2.26. The highest BCUT2D eigenvalue weighted by Crippen LogP contribution is 2.38. The topological polar surface area (TPSA) is 117 Å². The lowest BCUT2D eigenvalue weighted by Gasteiger charge is -2.21. The van der Waals surface area contributed by atoms with Crippen LogP contribution < -0.4 is 16.4 Å². The van der Waals surface area contributed by atoms with Crippen LogP contribution in [0.4, 0.5) is 10.2 Å². The number of primary amides is 1. The number of nitrogens with one attached hydrogen (secondary N) is 2. The summed E-state index contributed by atoms with van der Waals surface area (Å²) in [6.45, 7) is 7.19. The van der Waals surface area contributed by atoms with Crippen LogP contribution >= 0.6 is 11.8 Å². The standard InChI is InChI=1S/C25H31FN4O3S/c1-14(22(27)31)24(34-15(2)18-11-10-17(12-19(18)26)25(3,4)33)30-21-7-5-6-20(29-21)23(32)28-13-16-8-9-16/h5-7,10-12,15-16,33H,8-9,13H2,1-4H3,(H2,27,31)(H,28,32)(H,29,30)/b24-14+. The lowest BCUT2D eigenvalue weighted by molar-refractivity contribution is -0.114. The van der Waals surface area contributed by atoms with Gasteiger partial charge in [-0.25, -0.2) is 9.37 Å². The van der Waals surface area contributed by atoms with Gasteiger partial charge in [0.2, 0.25) is 5.91 Å². The molecule has 1 aliphatic rings. The third-order valence-electron chi connectivity index (χ3n) is 5.62. The molecule has 1 aromatic heterocycles. The van der Waals surface area contributed by atoms with Crippen molar-refractivity contribution in [2.75, 3.05) is 11.9 Å². The normalized spacial score (nSPS) is 15.4. The van der Waals surface area contributed by atoms with Crippen molar-refractivity contribution >= 4 is 29.4 Å². The average molecular weight is 487 g/mol. The quantitative estimate of drug-likeness (QED) is 0.374. The minimum atomic E-state index is -1.16. The molecule has 7 nitrogen and oxygen atoms in total. The molecule has 1 aliphatic carbocycles. The monoisotopic (exact) mass is 486 g/mol. The maximum Gasteiger partial charge on any atom is 0.269 e. The molecule has 0 radical (unpaired) electrons. The second-order valence-electron chi connectivity index (χ2n) is 9.06. The number of pyridine rings is 1. The Labute approximate surface area is 203 Å². The SMILES string of the molecule is C/C(C(N)=O)=C(/Nc1cccc(C(=O)NCC2CC2)n1)SC(C)c1ccc(C(C)(C)O)cc1F. The van der Waals surface area contributed by atoms with Crippen LogP contribution in [0.1, 0.15) is 67.4 Å². The van der Waals surface area contributed by atoms with Crippen LogP contribution in [0.25, 0.3) is 0 Å². The van der Waals surface area contributed by atoms with Crippen LogP contribution in [-0.4, -0.2) is 28.4 Å². The van der Waals surface area contributed by atoms with Gasteiger partial charge in [0, 0.05) is 22.9 Å². The molecule has 0 bridgehead atoms. The minimum absolute atomic E-state index is 0.257. The van der Waals surface area contributed by atoms with Gasteiger partial charge in [0.05, 0.1) is 10.6 Å². The number of aliphatic hydroxyl groups is 1. The summed E-state index contributed by atoms with van der Waals surface area (Å²) in [5.74, 6) is -0.426. The van der Waals surface area contributed by atoms with Crippen molar-refractivity contribution in [2.24, 2.45) is 11.7 Å². The smallest absolute Gasteiger partial charge is 0.269 e.